The molecule has 1 amide bonds. The summed E-state index contributed by atoms with van der Waals surface area (Å²) >= 11 is 5.19. The molecule has 3 N–H and O–H groups in total. The van der Waals surface area contributed by atoms with E-state index in [2.05, 4.69) is 10.1 Å². The van der Waals surface area contributed by atoms with E-state index in [1.54, 1.807) is 24.3 Å². The van der Waals surface area contributed by atoms with Crippen LogP contribution < -0.4 is 5.32 Å². The zero-order chi connectivity index (χ0) is 14.7. The van der Waals surface area contributed by atoms with Crippen molar-refractivity contribution in [2.75, 3.05) is 17.8 Å². The van der Waals surface area contributed by atoms with E-state index in [0.717, 1.165) is 0 Å². The number of aliphatic hydroxyl groups is 1. The molecule has 1 aromatic rings. The van der Waals surface area contributed by atoms with Crippen LogP contribution in [0.5, 0.6) is 0 Å². The monoisotopic (exact) mass is 289 g/mol. The zero-order valence-corrected chi connectivity index (χ0v) is 11.1. The Morgan fingerprint density at radius 1 is 1.37 bits per heavy atom. The van der Waals surface area contributed by atoms with Crippen LogP contribution in [0.15, 0.2) is 30.3 Å². The molecule has 0 aromatic heterocycles. The molecule has 0 aliphatic heterocycles. The van der Waals surface area contributed by atoms with Gasteiger partial charge in [-0.15, -0.1) is 11.6 Å². The molecule has 0 spiro atoms. The molecule has 7 heteroatoms. The first-order valence-corrected chi connectivity index (χ1v) is 5.96. The summed E-state index contributed by atoms with van der Waals surface area (Å²) in [4.78, 5) is 20.4. The Balaban J connectivity index is 0.000000344. The number of hydrogen-bond acceptors (Lipinski definition) is 4. The number of esters is 1. The van der Waals surface area contributed by atoms with Crippen molar-refractivity contribution in [3.05, 3.63) is 30.3 Å². The summed E-state index contributed by atoms with van der Waals surface area (Å²) in [6, 6.07) is 8.74. The third kappa shape index (κ3) is 9.87. The van der Waals surface area contributed by atoms with Gasteiger partial charge in [0, 0.05) is 5.69 Å². The quantitative estimate of drug-likeness (QED) is 0.581. The molecule has 0 aliphatic carbocycles. The minimum absolute atomic E-state index is 0.158. The highest BCUT2D eigenvalue weighted by Gasteiger charge is 2.08. The van der Waals surface area contributed by atoms with Gasteiger partial charge in [-0.25, -0.2) is 9.59 Å². The fourth-order valence-electron chi connectivity index (χ4n) is 0.905. The van der Waals surface area contributed by atoms with Crippen LogP contribution in [0.1, 0.15) is 6.92 Å². The van der Waals surface area contributed by atoms with Crippen LogP contribution in [0.2, 0.25) is 0 Å². The van der Waals surface area contributed by atoms with Gasteiger partial charge < -0.3 is 14.9 Å². The van der Waals surface area contributed by atoms with Gasteiger partial charge in [-0.2, -0.15) is 0 Å². The normalized spacial score (nSPS) is 10.7. The van der Waals surface area contributed by atoms with Crippen LogP contribution in [-0.2, 0) is 9.53 Å². The van der Waals surface area contributed by atoms with Crippen LogP contribution in [0.4, 0.5) is 10.5 Å². The Bertz CT molecular complexity index is 383. The maximum Gasteiger partial charge on any atom is 0.409 e. The predicted octanol–water partition coefficient (Wildman–Crippen LogP) is 1.93. The second-order valence-corrected chi connectivity index (χ2v) is 3.71. The number of alkyl halides is 1. The van der Waals surface area contributed by atoms with Crippen molar-refractivity contribution in [3.8, 4) is 0 Å². The number of carboxylic acid groups (broad SMARTS) is 1. The summed E-state index contributed by atoms with van der Waals surface area (Å²) in [5, 5.41) is 19.0. The molecule has 19 heavy (non-hydrogen) atoms. The number of rotatable bonds is 4. The highest BCUT2D eigenvalue weighted by molar-refractivity contribution is 6.18. The number of para-hydroxylation sites is 1. The molecule has 6 nitrogen and oxygen atoms in total. The first-order valence-electron chi connectivity index (χ1n) is 5.43. The Kier molecular flexibility index (Phi) is 9.20. The molecule has 1 atom stereocenters. The number of aliphatic hydroxyl groups excluding tert-OH is 1. The zero-order valence-electron chi connectivity index (χ0n) is 10.4. The first kappa shape index (κ1) is 17.2. The second kappa shape index (κ2) is 10.2. The van der Waals surface area contributed by atoms with Crippen molar-refractivity contribution in [1.29, 1.82) is 0 Å². The van der Waals surface area contributed by atoms with Gasteiger partial charge in [0.05, 0.1) is 5.88 Å². The molecule has 1 unspecified atom stereocenters. The molecule has 1 aromatic carbocycles. The average molecular weight is 290 g/mol. The number of halogens is 1. The smallest absolute Gasteiger partial charge is 0.409 e. The van der Waals surface area contributed by atoms with Gasteiger partial charge in [-0.3, -0.25) is 5.32 Å². The number of amides is 1. The largest absolute Gasteiger partial charge is 0.465 e. The molecular formula is C12H16ClNO5. The highest BCUT2D eigenvalue weighted by Crippen LogP contribution is 2.03. The molecule has 0 radical (unpaired) electrons. The molecule has 0 saturated carbocycles. The van der Waals surface area contributed by atoms with Gasteiger partial charge >= 0.3 is 12.1 Å². The fourth-order valence-corrected chi connectivity index (χ4v) is 0.982. The van der Waals surface area contributed by atoms with Gasteiger partial charge in [0.1, 0.15) is 12.7 Å². The Morgan fingerprint density at radius 2 is 1.95 bits per heavy atom. The third-order valence-electron chi connectivity index (χ3n) is 1.69. The number of benzene rings is 1. The number of carbonyl (C=O) groups excluding carboxylic acids is 1. The Morgan fingerprint density at radius 3 is 2.37 bits per heavy atom. The summed E-state index contributed by atoms with van der Waals surface area (Å²) in [5.74, 6) is -0.367. The van der Waals surface area contributed by atoms with Crippen LogP contribution in [0, 0.1) is 0 Å². The minimum atomic E-state index is -1.05. The predicted molar refractivity (Wildman–Crippen MR) is 71.4 cm³/mol. The van der Waals surface area contributed by atoms with E-state index in [1.165, 1.54) is 6.92 Å². The summed E-state index contributed by atoms with van der Waals surface area (Å²) in [7, 11) is 0. The van der Waals surface area contributed by atoms with E-state index in [-0.39, 0.29) is 12.5 Å². The Labute approximate surface area is 116 Å². The molecule has 0 heterocycles. The number of carbonyl (C=O) groups is 2. The fraction of sp³-hybridized carbons (Fsp3) is 0.333. The molecule has 0 fully saturated rings. The lowest BCUT2D eigenvalue weighted by Crippen LogP contribution is -2.20. The molecular weight excluding hydrogens is 274 g/mol. The second-order valence-electron chi connectivity index (χ2n) is 3.33. The van der Waals surface area contributed by atoms with Crippen molar-refractivity contribution in [2.24, 2.45) is 0 Å². The van der Waals surface area contributed by atoms with Crippen LogP contribution in [0.3, 0.4) is 0 Å². The van der Waals surface area contributed by atoms with Gasteiger partial charge in [-0.1, -0.05) is 18.2 Å². The average Bonchev–Trinajstić information content (AvgIpc) is 2.37. The lowest BCUT2D eigenvalue weighted by atomic mass is 10.3. The van der Waals surface area contributed by atoms with E-state index < -0.39 is 18.2 Å². The maximum absolute atomic E-state index is 10.4. The van der Waals surface area contributed by atoms with E-state index in [4.69, 9.17) is 21.8 Å². The van der Waals surface area contributed by atoms with Crippen LogP contribution >= 0.6 is 11.6 Å². The summed E-state index contributed by atoms with van der Waals surface area (Å²) in [6.07, 6.45) is -2.08. The summed E-state index contributed by atoms with van der Waals surface area (Å²) in [6.45, 7) is 1.50. The molecule has 0 saturated heterocycles. The highest BCUT2D eigenvalue weighted by atomic mass is 35.5. The molecule has 0 aliphatic rings. The SMILES string of the molecule is CC(O)C(=O)OCCCl.O=C(O)Nc1ccccc1. The topological polar surface area (TPSA) is 95.9 Å². The lowest BCUT2D eigenvalue weighted by molar-refractivity contribution is -0.151. The number of ether oxygens (including phenoxy) is 1. The number of hydrogen-bond donors (Lipinski definition) is 3. The summed E-state index contributed by atoms with van der Waals surface area (Å²) in [5.41, 5.74) is 0.593. The molecule has 0 bridgehead atoms. The number of nitrogens with one attached hydrogen (secondary N) is 1. The van der Waals surface area contributed by atoms with Gasteiger partial charge in [0.25, 0.3) is 0 Å². The van der Waals surface area contributed by atoms with Crippen molar-refractivity contribution >= 4 is 29.4 Å². The van der Waals surface area contributed by atoms with E-state index in [1.807, 2.05) is 6.07 Å². The minimum Gasteiger partial charge on any atom is -0.465 e. The van der Waals surface area contributed by atoms with Crippen molar-refractivity contribution < 1.29 is 24.5 Å². The molecule has 106 valence electrons. The third-order valence-corrected chi connectivity index (χ3v) is 1.84. The first-order chi connectivity index (χ1) is 8.97. The van der Waals surface area contributed by atoms with Crippen LogP contribution in [-0.4, -0.2) is 40.9 Å². The Hall–Kier alpha value is -1.79. The lowest BCUT2D eigenvalue weighted by Gasteiger charge is -2.02. The van der Waals surface area contributed by atoms with E-state index in [0.29, 0.717) is 5.69 Å². The maximum atomic E-state index is 10.4. The van der Waals surface area contributed by atoms with Gasteiger partial charge in [0.15, 0.2) is 0 Å². The summed E-state index contributed by atoms with van der Waals surface area (Å²) < 4.78 is 4.43. The van der Waals surface area contributed by atoms with Crippen molar-refractivity contribution in [2.45, 2.75) is 13.0 Å². The standard InChI is InChI=1S/C7H7NO2.C5H9ClO3/c9-7(10)8-6-4-2-1-3-5-6;1-4(7)5(8)9-3-2-6/h1-5,8H,(H,9,10);4,7H,2-3H2,1H3. The van der Waals surface area contributed by atoms with Gasteiger partial charge in [0.2, 0.25) is 0 Å². The van der Waals surface area contributed by atoms with E-state index >= 15 is 0 Å². The van der Waals surface area contributed by atoms with Crippen LogP contribution in [0.25, 0.3) is 0 Å². The van der Waals surface area contributed by atoms with Gasteiger partial charge in [-0.05, 0) is 19.1 Å². The molecule has 1 rings (SSSR count). The van der Waals surface area contributed by atoms with E-state index in [9.17, 15) is 9.59 Å². The van der Waals surface area contributed by atoms with Crippen molar-refractivity contribution in [1.82, 2.24) is 0 Å². The van der Waals surface area contributed by atoms with Crippen molar-refractivity contribution in [3.63, 3.8) is 0 Å². The number of anilines is 1.